The molecule has 2 unspecified atom stereocenters. The van der Waals surface area contributed by atoms with Crippen LogP contribution in [0, 0.1) is 0 Å². The van der Waals surface area contributed by atoms with E-state index >= 15 is 0 Å². The van der Waals surface area contributed by atoms with Crippen LogP contribution in [-0.4, -0.2) is 54.4 Å². The minimum Gasteiger partial charge on any atom is -0.394 e. The molecule has 7 heteroatoms. The topological polar surface area (TPSA) is 107 Å². The Morgan fingerprint density at radius 3 is 2.17 bits per heavy atom. The number of hydrogen-bond acceptors (Lipinski definition) is 5. The minimum atomic E-state index is -2.36. The number of rotatable bonds is 2. The van der Waals surface area contributed by atoms with Crippen LogP contribution in [0.3, 0.4) is 0 Å². The normalized spacial score (nSPS) is 44.7. The number of ether oxygens (including phenoxy) is 1. The second-order valence-electron chi connectivity index (χ2n) is 2.48. The summed E-state index contributed by atoms with van der Waals surface area (Å²) >= 11 is -2.36. The van der Waals surface area contributed by atoms with Gasteiger partial charge in [-0.05, 0) is 0 Å². The van der Waals surface area contributed by atoms with Gasteiger partial charge in [0.05, 0.1) is 6.61 Å². The first-order chi connectivity index (χ1) is 5.57. The van der Waals surface area contributed by atoms with Crippen molar-refractivity contribution in [1.82, 2.24) is 0 Å². The molecule has 1 aliphatic heterocycles. The second kappa shape index (κ2) is 3.77. The van der Waals surface area contributed by atoms with Crippen molar-refractivity contribution in [2.45, 2.75) is 23.7 Å². The van der Waals surface area contributed by atoms with Gasteiger partial charge in [0.25, 0.3) is 0 Å². The van der Waals surface area contributed by atoms with Crippen molar-refractivity contribution in [3.8, 4) is 0 Å². The molecule has 1 rings (SSSR count). The third-order valence-corrected chi connectivity index (χ3v) is 2.48. The average molecular weight is 198 g/mol. The maximum atomic E-state index is 10.5. The molecule has 1 fully saturated rings. The van der Waals surface area contributed by atoms with Gasteiger partial charge in [-0.1, -0.05) is 0 Å². The van der Waals surface area contributed by atoms with Gasteiger partial charge in [-0.15, -0.1) is 0 Å². The fourth-order valence-electron chi connectivity index (χ4n) is 1.03. The molecule has 1 heterocycles. The highest BCUT2D eigenvalue weighted by atomic mass is 32.2. The van der Waals surface area contributed by atoms with E-state index < -0.39 is 41.4 Å². The Bertz CT molecular complexity index is 185. The Labute approximate surface area is 71.1 Å². The molecule has 0 amide bonds. The Morgan fingerprint density at radius 2 is 1.92 bits per heavy atom. The minimum absolute atomic E-state index is 0.494. The molecule has 12 heavy (non-hydrogen) atoms. The zero-order chi connectivity index (χ0) is 9.30. The van der Waals surface area contributed by atoms with E-state index in [0.29, 0.717) is 0 Å². The van der Waals surface area contributed by atoms with Crippen molar-refractivity contribution in [3.05, 3.63) is 0 Å². The number of hydrogen-bond donors (Lipinski definition) is 4. The van der Waals surface area contributed by atoms with Crippen LogP contribution >= 0.6 is 0 Å². The summed E-state index contributed by atoms with van der Waals surface area (Å²) in [5.74, 6) is 0. The van der Waals surface area contributed by atoms with Crippen molar-refractivity contribution < 1.29 is 28.8 Å². The SMILES string of the molecule is O=S(O)C1O[C@H](CO)[C@@H](O)[C@H]1O. The van der Waals surface area contributed by atoms with Crippen LogP contribution in [0.2, 0.25) is 0 Å². The molecule has 6 nitrogen and oxygen atoms in total. The lowest BCUT2D eigenvalue weighted by molar-refractivity contribution is -0.00888. The Balaban J connectivity index is 2.66. The molecule has 0 spiro atoms. The summed E-state index contributed by atoms with van der Waals surface area (Å²) in [6, 6.07) is 0. The molecule has 5 atom stereocenters. The quantitative estimate of drug-likeness (QED) is 0.370. The van der Waals surface area contributed by atoms with E-state index in [4.69, 9.17) is 24.6 Å². The van der Waals surface area contributed by atoms with E-state index in [1.54, 1.807) is 0 Å². The summed E-state index contributed by atoms with van der Waals surface area (Å²) in [4.78, 5) is 0. The molecule has 1 aliphatic rings. The van der Waals surface area contributed by atoms with Crippen LogP contribution in [0.1, 0.15) is 0 Å². The highest BCUT2D eigenvalue weighted by Crippen LogP contribution is 2.22. The van der Waals surface area contributed by atoms with Crippen molar-refractivity contribution >= 4 is 11.1 Å². The molecule has 4 N–H and O–H groups in total. The van der Waals surface area contributed by atoms with E-state index in [0.717, 1.165) is 0 Å². The molecule has 0 saturated carbocycles. The summed E-state index contributed by atoms with van der Waals surface area (Å²) in [6.45, 7) is -0.494. The summed E-state index contributed by atoms with van der Waals surface area (Å²) < 4.78 is 23.7. The Hall–Kier alpha value is -0.0500. The van der Waals surface area contributed by atoms with Crippen LogP contribution in [0.15, 0.2) is 0 Å². The summed E-state index contributed by atoms with van der Waals surface area (Å²) in [5.41, 5.74) is -1.34. The molecule has 72 valence electrons. The number of aliphatic hydroxyl groups excluding tert-OH is 3. The van der Waals surface area contributed by atoms with E-state index in [2.05, 4.69) is 0 Å². The van der Waals surface area contributed by atoms with Gasteiger partial charge in [-0.25, -0.2) is 4.21 Å². The monoisotopic (exact) mass is 198 g/mol. The van der Waals surface area contributed by atoms with Gasteiger partial charge in [-0.3, -0.25) is 0 Å². The first-order valence-corrected chi connectivity index (χ1v) is 4.47. The predicted molar refractivity (Wildman–Crippen MR) is 38.5 cm³/mol. The lowest BCUT2D eigenvalue weighted by atomic mass is 10.2. The van der Waals surface area contributed by atoms with Gasteiger partial charge >= 0.3 is 0 Å². The zero-order valence-corrected chi connectivity index (χ0v) is 6.85. The first kappa shape index (κ1) is 10.0. The van der Waals surface area contributed by atoms with Gasteiger partial charge in [-0.2, -0.15) is 0 Å². The molecule has 0 aromatic carbocycles. The van der Waals surface area contributed by atoms with Gasteiger partial charge in [0.1, 0.15) is 18.3 Å². The fourth-order valence-corrected chi connectivity index (χ4v) is 1.67. The van der Waals surface area contributed by atoms with E-state index in [1.807, 2.05) is 0 Å². The summed E-state index contributed by atoms with van der Waals surface area (Å²) in [5, 5.41) is 26.8. The molecule has 0 bridgehead atoms. The molecule has 0 aliphatic carbocycles. The smallest absolute Gasteiger partial charge is 0.186 e. The Morgan fingerprint density at radius 1 is 1.33 bits per heavy atom. The lowest BCUT2D eigenvalue weighted by Crippen LogP contribution is -2.34. The maximum absolute atomic E-state index is 10.5. The molecule has 0 aromatic heterocycles. The van der Waals surface area contributed by atoms with Gasteiger partial charge < -0.3 is 24.6 Å². The third-order valence-electron chi connectivity index (χ3n) is 1.70. The highest BCUT2D eigenvalue weighted by Gasteiger charge is 2.45. The van der Waals surface area contributed by atoms with Crippen molar-refractivity contribution in [2.75, 3.05) is 6.61 Å². The molecule has 0 aromatic rings. The second-order valence-corrected chi connectivity index (χ2v) is 3.50. The van der Waals surface area contributed by atoms with Gasteiger partial charge in [0, 0.05) is 0 Å². The van der Waals surface area contributed by atoms with E-state index in [1.165, 1.54) is 0 Å². The third kappa shape index (κ3) is 1.65. The van der Waals surface area contributed by atoms with Gasteiger partial charge in [0.15, 0.2) is 16.5 Å². The largest absolute Gasteiger partial charge is 0.394 e. The molecular weight excluding hydrogens is 188 g/mol. The van der Waals surface area contributed by atoms with Crippen LogP contribution in [0.25, 0.3) is 0 Å². The first-order valence-electron chi connectivity index (χ1n) is 3.30. The van der Waals surface area contributed by atoms with E-state index in [-0.39, 0.29) is 0 Å². The van der Waals surface area contributed by atoms with E-state index in [9.17, 15) is 4.21 Å². The standard InChI is InChI=1S/C5H10O6S/c6-1-2-3(7)4(8)5(11-2)12(9)10/h2-8H,1H2,(H,9,10)/t2-,3-,4-,5?/m1/s1. The number of aliphatic hydroxyl groups is 3. The maximum Gasteiger partial charge on any atom is 0.186 e. The molecule has 1 saturated heterocycles. The van der Waals surface area contributed by atoms with Crippen molar-refractivity contribution in [2.24, 2.45) is 0 Å². The van der Waals surface area contributed by atoms with Crippen LogP contribution in [0.4, 0.5) is 0 Å². The van der Waals surface area contributed by atoms with Crippen LogP contribution < -0.4 is 0 Å². The van der Waals surface area contributed by atoms with Crippen LogP contribution in [0.5, 0.6) is 0 Å². The lowest BCUT2D eigenvalue weighted by Gasteiger charge is -2.10. The predicted octanol–water partition coefficient (Wildman–Crippen LogP) is -2.35. The Kier molecular flexibility index (Phi) is 3.16. The van der Waals surface area contributed by atoms with Crippen LogP contribution in [-0.2, 0) is 15.8 Å². The van der Waals surface area contributed by atoms with Gasteiger partial charge in [0.2, 0.25) is 0 Å². The zero-order valence-electron chi connectivity index (χ0n) is 6.03. The summed E-state index contributed by atoms with van der Waals surface area (Å²) in [7, 11) is 0. The molecular formula is C5H10O6S. The van der Waals surface area contributed by atoms with Crippen molar-refractivity contribution in [1.29, 1.82) is 0 Å². The highest BCUT2D eigenvalue weighted by molar-refractivity contribution is 7.79. The average Bonchev–Trinajstić information content (AvgIpc) is 2.30. The fraction of sp³-hybridized carbons (Fsp3) is 1.00. The summed E-state index contributed by atoms with van der Waals surface area (Å²) in [6.07, 6.45) is -3.72. The van der Waals surface area contributed by atoms with Crippen molar-refractivity contribution in [3.63, 3.8) is 0 Å². The molecule has 0 radical (unpaired) electrons.